The molecule has 2 aromatic heterocycles. The third-order valence-corrected chi connectivity index (χ3v) is 6.88. The van der Waals surface area contributed by atoms with Gasteiger partial charge in [0.2, 0.25) is 5.91 Å². The van der Waals surface area contributed by atoms with Crippen molar-refractivity contribution in [2.45, 2.75) is 18.6 Å². The van der Waals surface area contributed by atoms with Crippen LogP contribution in [0.15, 0.2) is 70.5 Å². The van der Waals surface area contributed by atoms with E-state index in [2.05, 4.69) is 15.6 Å². The summed E-state index contributed by atoms with van der Waals surface area (Å²) in [5, 5.41) is 14.1. The summed E-state index contributed by atoms with van der Waals surface area (Å²) in [5.41, 5.74) is 2.76. The van der Waals surface area contributed by atoms with Gasteiger partial charge in [0.05, 0.1) is 17.4 Å². The molecule has 0 bridgehead atoms. The average molecular weight is 499 g/mol. The third-order valence-electron chi connectivity index (χ3n) is 4.90. The lowest BCUT2D eigenvalue weighted by Crippen LogP contribution is -2.27. The zero-order chi connectivity index (χ0) is 23.2. The van der Waals surface area contributed by atoms with Crippen LogP contribution in [0, 0.1) is 0 Å². The molecule has 6 nitrogen and oxygen atoms in total. The Morgan fingerprint density at radius 2 is 1.94 bits per heavy atom. The minimum absolute atomic E-state index is 0.0201. The number of thiophene rings is 1. The number of amides is 1. The van der Waals surface area contributed by atoms with Crippen LogP contribution in [0.25, 0.3) is 17.1 Å². The summed E-state index contributed by atoms with van der Waals surface area (Å²) in [6, 6.07) is 17.3. The molecule has 0 spiro atoms. The number of benzene rings is 2. The number of thioether (sulfide) groups is 1. The van der Waals surface area contributed by atoms with Crippen molar-refractivity contribution in [3.63, 3.8) is 0 Å². The van der Waals surface area contributed by atoms with Gasteiger partial charge in [-0.15, -0.1) is 10.2 Å². The van der Waals surface area contributed by atoms with E-state index in [0.717, 1.165) is 22.6 Å². The van der Waals surface area contributed by atoms with Gasteiger partial charge in [-0.1, -0.05) is 35.5 Å². The zero-order valence-electron chi connectivity index (χ0n) is 18.3. The molecule has 0 unspecified atom stereocenters. The van der Waals surface area contributed by atoms with Gasteiger partial charge in [0.15, 0.2) is 11.0 Å². The van der Waals surface area contributed by atoms with Gasteiger partial charge in [0.25, 0.3) is 0 Å². The Labute approximate surface area is 206 Å². The first-order chi connectivity index (χ1) is 16.1. The number of nitrogens with zero attached hydrogens (tertiary/aromatic N) is 4. The SMILES string of the molecule is CCOc1ccc(-n2c(SCC(=O)N(C)Cc3ccsc3)nnc2-c2ccccc2Cl)cc1. The minimum atomic E-state index is 0.0201. The topological polar surface area (TPSA) is 60.2 Å². The maximum absolute atomic E-state index is 12.8. The minimum Gasteiger partial charge on any atom is -0.494 e. The molecular weight excluding hydrogens is 476 g/mol. The van der Waals surface area contributed by atoms with Crippen LogP contribution in [-0.2, 0) is 11.3 Å². The molecule has 2 heterocycles. The molecule has 0 atom stereocenters. The Morgan fingerprint density at radius 1 is 1.15 bits per heavy atom. The summed E-state index contributed by atoms with van der Waals surface area (Å²) in [6.45, 7) is 3.13. The van der Waals surface area contributed by atoms with Crippen LogP contribution < -0.4 is 4.74 Å². The van der Waals surface area contributed by atoms with Crippen molar-refractivity contribution < 1.29 is 9.53 Å². The molecule has 4 rings (SSSR count). The van der Waals surface area contributed by atoms with Crippen molar-refractivity contribution in [2.24, 2.45) is 0 Å². The summed E-state index contributed by atoms with van der Waals surface area (Å²) in [5.74, 6) is 1.67. The Balaban J connectivity index is 1.61. The molecule has 9 heteroatoms. The van der Waals surface area contributed by atoms with Crippen LogP contribution in [0.4, 0.5) is 0 Å². The molecule has 2 aromatic carbocycles. The van der Waals surface area contributed by atoms with Gasteiger partial charge in [-0.2, -0.15) is 11.3 Å². The van der Waals surface area contributed by atoms with E-state index in [1.54, 1.807) is 16.2 Å². The second-order valence-electron chi connectivity index (χ2n) is 7.22. The number of rotatable bonds is 9. The van der Waals surface area contributed by atoms with Gasteiger partial charge in [0.1, 0.15) is 5.75 Å². The van der Waals surface area contributed by atoms with E-state index in [1.165, 1.54) is 11.8 Å². The highest BCUT2D eigenvalue weighted by Crippen LogP contribution is 2.32. The Bertz CT molecular complexity index is 1210. The van der Waals surface area contributed by atoms with E-state index in [1.807, 2.05) is 78.5 Å². The number of hydrogen-bond acceptors (Lipinski definition) is 6. The quantitative estimate of drug-likeness (QED) is 0.273. The van der Waals surface area contributed by atoms with Crippen LogP contribution in [0.5, 0.6) is 5.75 Å². The van der Waals surface area contributed by atoms with Crippen LogP contribution in [-0.4, -0.2) is 45.0 Å². The first-order valence-corrected chi connectivity index (χ1v) is 12.7. The highest BCUT2D eigenvalue weighted by atomic mass is 35.5. The zero-order valence-corrected chi connectivity index (χ0v) is 20.7. The Morgan fingerprint density at radius 3 is 2.64 bits per heavy atom. The van der Waals surface area contributed by atoms with Crippen LogP contribution >= 0.6 is 34.7 Å². The van der Waals surface area contributed by atoms with Crippen molar-refractivity contribution in [1.82, 2.24) is 19.7 Å². The molecule has 0 N–H and O–H groups in total. The van der Waals surface area contributed by atoms with Gasteiger partial charge in [0, 0.05) is 24.8 Å². The summed E-state index contributed by atoms with van der Waals surface area (Å²) in [6.07, 6.45) is 0. The van der Waals surface area contributed by atoms with E-state index in [-0.39, 0.29) is 11.7 Å². The normalized spacial score (nSPS) is 10.9. The lowest BCUT2D eigenvalue weighted by Gasteiger charge is -2.16. The molecule has 1 amide bonds. The first-order valence-electron chi connectivity index (χ1n) is 10.4. The lowest BCUT2D eigenvalue weighted by molar-refractivity contribution is -0.127. The molecule has 0 aliphatic carbocycles. The highest BCUT2D eigenvalue weighted by molar-refractivity contribution is 7.99. The third kappa shape index (κ3) is 5.58. The van der Waals surface area contributed by atoms with E-state index < -0.39 is 0 Å². The molecule has 4 aromatic rings. The fourth-order valence-electron chi connectivity index (χ4n) is 3.25. The summed E-state index contributed by atoms with van der Waals surface area (Å²) in [4.78, 5) is 14.5. The maximum atomic E-state index is 12.8. The number of halogens is 1. The molecule has 0 aliphatic rings. The fourth-order valence-corrected chi connectivity index (χ4v) is 5.02. The van der Waals surface area contributed by atoms with Gasteiger partial charge in [-0.3, -0.25) is 9.36 Å². The van der Waals surface area contributed by atoms with Crippen LogP contribution in [0.3, 0.4) is 0 Å². The van der Waals surface area contributed by atoms with E-state index in [9.17, 15) is 4.79 Å². The monoisotopic (exact) mass is 498 g/mol. The number of hydrogen-bond donors (Lipinski definition) is 0. The molecule has 0 aliphatic heterocycles. The molecule has 170 valence electrons. The smallest absolute Gasteiger partial charge is 0.233 e. The van der Waals surface area contributed by atoms with Crippen molar-refractivity contribution in [1.29, 1.82) is 0 Å². The van der Waals surface area contributed by atoms with Gasteiger partial charge < -0.3 is 9.64 Å². The second-order valence-corrected chi connectivity index (χ2v) is 9.35. The number of carbonyl (C=O) groups is 1. The van der Waals surface area contributed by atoms with Crippen molar-refractivity contribution in [3.05, 3.63) is 75.9 Å². The molecule has 33 heavy (non-hydrogen) atoms. The van der Waals surface area contributed by atoms with E-state index in [4.69, 9.17) is 16.3 Å². The van der Waals surface area contributed by atoms with E-state index >= 15 is 0 Å². The molecule has 0 saturated heterocycles. The number of aromatic nitrogens is 3. The van der Waals surface area contributed by atoms with Crippen molar-refractivity contribution >= 4 is 40.6 Å². The summed E-state index contributed by atoms with van der Waals surface area (Å²) >= 11 is 9.44. The standard InChI is InChI=1S/C24H23ClN4O2S2/c1-3-31-19-10-8-18(9-11-19)29-23(20-6-4-5-7-21(20)25)26-27-24(29)33-16-22(30)28(2)14-17-12-13-32-15-17/h4-13,15H,3,14,16H2,1-2H3. The van der Waals surface area contributed by atoms with E-state index in [0.29, 0.717) is 29.2 Å². The second kappa shape index (κ2) is 10.9. The van der Waals surface area contributed by atoms with Crippen LogP contribution in [0.1, 0.15) is 12.5 Å². The first kappa shape index (κ1) is 23.4. The van der Waals surface area contributed by atoms with Gasteiger partial charge in [-0.25, -0.2) is 0 Å². The molecule has 0 saturated carbocycles. The van der Waals surface area contributed by atoms with Gasteiger partial charge in [-0.05, 0) is 65.7 Å². The predicted octanol–water partition coefficient (Wildman–Crippen LogP) is 5.80. The number of carbonyl (C=O) groups excluding carboxylic acids is 1. The summed E-state index contributed by atoms with van der Waals surface area (Å²) in [7, 11) is 1.81. The Kier molecular flexibility index (Phi) is 7.69. The fraction of sp³-hybridized carbons (Fsp3) is 0.208. The maximum Gasteiger partial charge on any atom is 0.233 e. The number of ether oxygens (including phenoxy) is 1. The van der Waals surface area contributed by atoms with Crippen molar-refractivity contribution in [3.8, 4) is 22.8 Å². The van der Waals surface area contributed by atoms with Gasteiger partial charge >= 0.3 is 0 Å². The highest BCUT2D eigenvalue weighted by Gasteiger charge is 2.20. The predicted molar refractivity (Wildman–Crippen MR) is 134 cm³/mol. The largest absolute Gasteiger partial charge is 0.494 e. The van der Waals surface area contributed by atoms with Crippen LogP contribution in [0.2, 0.25) is 5.02 Å². The molecular formula is C24H23ClN4O2S2. The molecule has 0 fully saturated rings. The average Bonchev–Trinajstić information content (AvgIpc) is 3.48. The summed E-state index contributed by atoms with van der Waals surface area (Å²) < 4.78 is 7.50. The lowest BCUT2D eigenvalue weighted by atomic mass is 10.2. The molecule has 0 radical (unpaired) electrons. The Hall–Kier alpha value is -2.81. The van der Waals surface area contributed by atoms with Crippen molar-refractivity contribution in [2.75, 3.05) is 19.4 Å².